The first-order valence-electron chi connectivity index (χ1n) is 4.27. The molecule has 62 valence electrons. The zero-order valence-electron chi connectivity index (χ0n) is 7.06. The van der Waals surface area contributed by atoms with Crippen molar-refractivity contribution in [1.29, 1.82) is 0 Å². The van der Waals surface area contributed by atoms with Gasteiger partial charge in [-0.1, -0.05) is 13.8 Å². The van der Waals surface area contributed by atoms with Gasteiger partial charge in [-0.05, 0) is 25.8 Å². The number of nitrogens with one attached hydrogen (secondary N) is 1. The Bertz CT molecular complexity index is 60.3. The summed E-state index contributed by atoms with van der Waals surface area (Å²) in [6, 6.07) is 0.611. The van der Waals surface area contributed by atoms with Gasteiger partial charge in [0.2, 0.25) is 0 Å². The van der Waals surface area contributed by atoms with Crippen LogP contribution in [0, 0.1) is 0 Å². The van der Waals surface area contributed by atoms with Crippen LogP contribution in [0.1, 0.15) is 33.1 Å². The van der Waals surface area contributed by atoms with Crippen molar-refractivity contribution in [3.05, 3.63) is 0 Å². The van der Waals surface area contributed by atoms with Crippen LogP contribution in [0.4, 0.5) is 0 Å². The standard InChI is InChI=1S/C6H13NO.C2H6/c8-5-3-6-2-1-4-7-6;1-2/h6-8H,1-5H2;1-2H3/t6-;/m0./s1. The highest BCUT2D eigenvalue weighted by Crippen LogP contribution is 2.06. The lowest BCUT2D eigenvalue weighted by molar-refractivity contribution is 0.271. The van der Waals surface area contributed by atoms with Crippen LogP contribution in [-0.4, -0.2) is 24.3 Å². The van der Waals surface area contributed by atoms with E-state index >= 15 is 0 Å². The number of hydrogen-bond acceptors (Lipinski definition) is 2. The molecular weight excluding hydrogens is 126 g/mol. The Morgan fingerprint density at radius 2 is 2.20 bits per heavy atom. The van der Waals surface area contributed by atoms with Gasteiger partial charge in [-0.15, -0.1) is 0 Å². The van der Waals surface area contributed by atoms with E-state index in [0.29, 0.717) is 12.6 Å². The van der Waals surface area contributed by atoms with Gasteiger partial charge in [-0.3, -0.25) is 0 Å². The fourth-order valence-electron chi connectivity index (χ4n) is 1.16. The third-order valence-electron chi connectivity index (χ3n) is 1.64. The van der Waals surface area contributed by atoms with Gasteiger partial charge in [0.25, 0.3) is 0 Å². The molecule has 0 aromatic heterocycles. The fourth-order valence-corrected chi connectivity index (χ4v) is 1.16. The zero-order valence-corrected chi connectivity index (χ0v) is 7.06. The maximum atomic E-state index is 8.49. The number of rotatable bonds is 2. The lowest BCUT2D eigenvalue weighted by atomic mass is 10.2. The van der Waals surface area contributed by atoms with E-state index in [0.717, 1.165) is 13.0 Å². The molecule has 0 bridgehead atoms. The van der Waals surface area contributed by atoms with Gasteiger partial charge in [0.1, 0.15) is 0 Å². The lowest BCUT2D eigenvalue weighted by Gasteiger charge is -2.04. The Hall–Kier alpha value is -0.0800. The van der Waals surface area contributed by atoms with Crippen molar-refractivity contribution in [1.82, 2.24) is 5.32 Å². The molecule has 2 nitrogen and oxygen atoms in total. The maximum absolute atomic E-state index is 8.49. The summed E-state index contributed by atoms with van der Waals surface area (Å²) >= 11 is 0. The van der Waals surface area contributed by atoms with Crippen LogP contribution >= 0.6 is 0 Å². The average molecular weight is 145 g/mol. The molecule has 0 aromatic rings. The summed E-state index contributed by atoms with van der Waals surface area (Å²) in [4.78, 5) is 0. The topological polar surface area (TPSA) is 32.3 Å². The van der Waals surface area contributed by atoms with Crippen LogP contribution < -0.4 is 5.32 Å². The van der Waals surface area contributed by atoms with E-state index in [1.165, 1.54) is 12.8 Å². The summed E-state index contributed by atoms with van der Waals surface area (Å²) in [6.45, 7) is 5.47. The second-order valence-corrected chi connectivity index (χ2v) is 2.31. The molecule has 0 spiro atoms. The molecule has 1 fully saturated rings. The van der Waals surface area contributed by atoms with E-state index in [1.54, 1.807) is 0 Å². The minimum absolute atomic E-state index is 0.331. The Morgan fingerprint density at radius 3 is 2.60 bits per heavy atom. The van der Waals surface area contributed by atoms with E-state index in [-0.39, 0.29) is 0 Å². The van der Waals surface area contributed by atoms with Gasteiger partial charge in [-0.2, -0.15) is 0 Å². The van der Waals surface area contributed by atoms with E-state index in [4.69, 9.17) is 5.11 Å². The first kappa shape index (κ1) is 9.92. The van der Waals surface area contributed by atoms with Crippen LogP contribution in [0.25, 0.3) is 0 Å². The molecule has 1 saturated heterocycles. The summed E-state index contributed by atoms with van der Waals surface area (Å²) < 4.78 is 0. The SMILES string of the molecule is CC.OCC[C@@H]1CCCN1. The Kier molecular flexibility index (Phi) is 6.98. The van der Waals surface area contributed by atoms with Crippen LogP contribution in [0.5, 0.6) is 0 Å². The van der Waals surface area contributed by atoms with Crippen molar-refractivity contribution in [2.75, 3.05) is 13.2 Å². The summed E-state index contributed by atoms with van der Waals surface area (Å²) in [5.41, 5.74) is 0. The van der Waals surface area contributed by atoms with E-state index in [2.05, 4.69) is 5.32 Å². The number of hydrogen-bond donors (Lipinski definition) is 2. The molecule has 10 heavy (non-hydrogen) atoms. The first-order chi connectivity index (χ1) is 4.93. The van der Waals surface area contributed by atoms with E-state index in [9.17, 15) is 0 Å². The Balaban J connectivity index is 0.000000371. The molecule has 0 amide bonds. The largest absolute Gasteiger partial charge is 0.396 e. The van der Waals surface area contributed by atoms with Crippen molar-refractivity contribution >= 4 is 0 Å². The summed E-state index contributed by atoms with van der Waals surface area (Å²) in [7, 11) is 0. The maximum Gasteiger partial charge on any atom is 0.0445 e. The molecule has 1 aliphatic heterocycles. The van der Waals surface area contributed by atoms with Crippen molar-refractivity contribution in [3.63, 3.8) is 0 Å². The highest BCUT2D eigenvalue weighted by Gasteiger charge is 2.11. The predicted molar refractivity (Wildman–Crippen MR) is 44.1 cm³/mol. The second kappa shape index (κ2) is 7.03. The highest BCUT2D eigenvalue weighted by molar-refractivity contribution is 4.72. The van der Waals surface area contributed by atoms with Crippen LogP contribution in [0.15, 0.2) is 0 Å². The van der Waals surface area contributed by atoms with E-state index < -0.39 is 0 Å². The van der Waals surface area contributed by atoms with Crippen molar-refractivity contribution in [2.45, 2.75) is 39.2 Å². The zero-order chi connectivity index (χ0) is 7.82. The number of aliphatic hydroxyl groups excluding tert-OH is 1. The van der Waals surface area contributed by atoms with Gasteiger partial charge >= 0.3 is 0 Å². The molecule has 0 aromatic carbocycles. The van der Waals surface area contributed by atoms with Crippen LogP contribution in [0.3, 0.4) is 0 Å². The number of aliphatic hydroxyl groups is 1. The fraction of sp³-hybridized carbons (Fsp3) is 1.00. The molecule has 1 atom stereocenters. The van der Waals surface area contributed by atoms with Gasteiger partial charge in [0.05, 0.1) is 0 Å². The molecular formula is C8H19NO. The summed E-state index contributed by atoms with van der Waals surface area (Å²) in [5, 5.41) is 11.8. The van der Waals surface area contributed by atoms with Gasteiger partial charge in [0.15, 0.2) is 0 Å². The third kappa shape index (κ3) is 3.85. The predicted octanol–water partition coefficient (Wildman–Crippen LogP) is 1.15. The second-order valence-electron chi connectivity index (χ2n) is 2.31. The van der Waals surface area contributed by atoms with Gasteiger partial charge < -0.3 is 10.4 Å². The van der Waals surface area contributed by atoms with Gasteiger partial charge in [-0.25, -0.2) is 0 Å². The molecule has 0 radical (unpaired) electrons. The van der Waals surface area contributed by atoms with Crippen LogP contribution in [0.2, 0.25) is 0 Å². The molecule has 1 aliphatic rings. The third-order valence-corrected chi connectivity index (χ3v) is 1.64. The summed E-state index contributed by atoms with van der Waals surface area (Å²) in [5.74, 6) is 0. The molecule has 1 rings (SSSR count). The molecule has 0 aliphatic carbocycles. The highest BCUT2D eigenvalue weighted by atomic mass is 16.3. The van der Waals surface area contributed by atoms with Crippen molar-refractivity contribution in [3.8, 4) is 0 Å². The molecule has 2 heteroatoms. The van der Waals surface area contributed by atoms with Crippen molar-refractivity contribution < 1.29 is 5.11 Å². The quantitative estimate of drug-likeness (QED) is 0.611. The lowest BCUT2D eigenvalue weighted by Crippen LogP contribution is -2.21. The molecule has 0 saturated carbocycles. The molecule has 2 N–H and O–H groups in total. The van der Waals surface area contributed by atoms with Gasteiger partial charge in [0, 0.05) is 12.6 Å². The monoisotopic (exact) mass is 145 g/mol. The Morgan fingerprint density at radius 1 is 1.50 bits per heavy atom. The molecule has 0 unspecified atom stereocenters. The average Bonchev–Trinajstić information content (AvgIpc) is 2.46. The first-order valence-corrected chi connectivity index (χ1v) is 4.27. The molecule has 1 heterocycles. The minimum atomic E-state index is 0.331. The smallest absolute Gasteiger partial charge is 0.0445 e. The van der Waals surface area contributed by atoms with Crippen LogP contribution in [-0.2, 0) is 0 Å². The van der Waals surface area contributed by atoms with Crippen molar-refractivity contribution in [2.24, 2.45) is 0 Å². The Labute approximate surface area is 63.6 Å². The summed E-state index contributed by atoms with van der Waals surface area (Å²) in [6.07, 6.45) is 3.46. The van der Waals surface area contributed by atoms with E-state index in [1.807, 2.05) is 13.8 Å². The normalized spacial score (nSPS) is 23.7. The minimum Gasteiger partial charge on any atom is -0.396 e.